The van der Waals surface area contributed by atoms with Crippen molar-refractivity contribution < 1.29 is 13.9 Å². The van der Waals surface area contributed by atoms with Gasteiger partial charge in [0.25, 0.3) is 11.5 Å². The fourth-order valence-corrected chi connectivity index (χ4v) is 3.76. The Bertz CT molecular complexity index is 1070. The number of likely N-dealkylation sites (tertiary alicyclic amines) is 1. The number of nitrogens with one attached hydrogen (secondary N) is 1. The van der Waals surface area contributed by atoms with E-state index in [9.17, 15) is 14.0 Å². The number of halogens is 1. The van der Waals surface area contributed by atoms with Gasteiger partial charge >= 0.3 is 0 Å². The number of piperidine rings is 1. The summed E-state index contributed by atoms with van der Waals surface area (Å²) in [5.41, 5.74) is 1.42. The maximum absolute atomic E-state index is 13.0. The molecule has 1 N–H and O–H groups in total. The first-order valence-electron chi connectivity index (χ1n) is 9.70. The van der Waals surface area contributed by atoms with Gasteiger partial charge in [-0.3, -0.25) is 14.6 Å². The molecule has 0 aliphatic carbocycles. The highest BCUT2D eigenvalue weighted by atomic mass is 19.1. The normalized spacial score (nSPS) is 16.0. The van der Waals surface area contributed by atoms with E-state index in [-0.39, 0.29) is 23.2 Å². The molecule has 1 amide bonds. The van der Waals surface area contributed by atoms with Crippen LogP contribution in [0.3, 0.4) is 0 Å². The van der Waals surface area contributed by atoms with Crippen molar-refractivity contribution in [2.24, 2.45) is 0 Å². The summed E-state index contributed by atoms with van der Waals surface area (Å²) >= 11 is 0. The summed E-state index contributed by atoms with van der Waals surface area (Å²) in [6.07, 6.45) is 2.53. The van der Waals surface area contributed by atoms with E-state index in [4.69, 9.17) is 4.74 Å². The van der Waals surface area contributed by atoms with E-state index in [1.807, 2.05) is 6.07 Å². The molecular weight excluding hydrogens is 373 g/mol. The predicted molar refractivity (Wildman–Crippen MR) is 107 cm³/mol. The van der Waals surface area contributed by atoms with Crippen LogP contribution >= 0.6 is 0 Å². The summed E-state index contributed by atoms with van der Waals surface area (Å²) in [6.45, 7) is 2.87. The second-order valence-corrected chi connectivity index (χ2v) is 7.30. The number of benzene rings is 1. The summed E-state index contributed by atoms with van der Waals surface area (Å²) in [5.74, 6) is 0.191. The van der Waals surface area contributed by atoms with Crippen LogP contribution in [0.5, 0.6) is 5.75 Å². The van der Waals surface area contributed by atoms with Gasteiger partial charge in [0.05, 0.1) is 10.9 Å². The van der Waals surface area contributed by atoms with Gasteiger partial charge in [0, 0.05) is 30.9 Å². The van der Waals surface area contributed by atoms with E-state index in [0.29, 0.717) is 29.7 Å². The van der Waals surface area contributed by atoms with Crippen LogP contribution in [-0.2, 0) is 4.79 Å². The summed E-state index contributed by atoms with van der Waals surface area (Å²) < 4.78 is 18.7. The molecule has 7 heteroatoms. The maximum atomic E-state index is 13.0. The maximum Gasteiger partial charge on any atom is 0.263 e. The molecule has 0 saturated carbocycles. The number of ether oxygens (including phenoxy) is 1. The molecule has 1 aliphatic heterocycles. The Hall–Kier alpha value is -3.22. The first-order chi connectivity index (χ1) is 14.0. The molecule has 0 unspecified atom stereocenters. The monoisotopic (exact) mass is 395 g/mol. The van der Waals surface area contributed by atoms with Crippen LogP contribution < -0.4 is 10.3 Å². The van der Waals surface area contributed by atoms with Crippen molar-refractivity contribution in [3.63, 3.8) is 0 Å². The first kappa shape index (κ1) is 19.1. The van der Waals surface area contributed by atoms with Crippen molar-refractivity contribution in [3.8, 4) is 5.75 Å². The fraction of sp³-hybridized carbons (Fsp3) is 0.318. The zero-order valence-electron chi connectivity index (χ0n) is 16.1. The molecule has 1 aromatic carbocycles. The Morgan fingerprint density at radius 1 is 1.24 bits per heavy atom. The zero-order valence-corrected chi connectivity index (χ0v) is 16.1. The molecule has 0 spiro atoms. The molecule has 1 fully saturated rings. The Balaban J connectivity index is 1.39. The van der Waals surface area contributed by atoms with Gasteiger partial charge in [-0.25, -0.2) is 4.39 Å². The highest BCUT2D eigenvalue weighted by molar-refractivity contribution is 5.81. The summed E-state index contributed by atoms with van der Waals surface area (Å²) in [5, 5.41) is 0.579. The van der Waals surface area contributed by atoms with E-state index >= 15 is 0 Å². The lowest BCUT2D eigenvalue weighted by Gasteiger charge is -2.33. The van der Waals surface area contributed by atoms with Crippen molar-refractivity contribution in [2.45, 2.75) is 31.8 Å². The molecule has 2 aromatic heterocycles. The molecule has 1 aliphatic rings. The van der Waals surface area contributed by atoms with Gasteiger partial charge < -0.3 is 14.6 Å². The number of aromatic nitrogens is 2. The highest BCUT2D eigenvalue weighted by Crippen LogP contribution is 2.28. The molecule has 0 radical (unpaired) electrons. The van der Waals surface area contributed by atoms with Crippen LogP contribution in [0, 0.1) is 5.82 Å². The van der Waals surface area contributed by atoms with Crippen LogP contribution in [0.4, 0.5) is 4.39 Å². The van der Waals surface area contributed by atoms with Crippen molar-refractivity contribution in [2.75, 3.05) is 13.1 Å². The highest BCUT2D eigenvalue weighted by Gasteiger charge is 2.28. The standard InChI is InChI=1S/C22H22FN3O3/c1-14(29-17-6-4-16(23)5-7-17)22(28)26-11-8-15(9-12-26)19-13-20-18(21(27)25-19)3-2-10-24-20/h2-7,10,13-15H,8-9,11-12H2,1H3,(H,25,27)/t14-/m1/s1. The van der Waals surface area contributed by atoms with E-state index in [1.54, 1.807) is 30.2 Å². The van der Waals surface area contributed by atoms with Gasteiger partial charge in [0.1, 0.15) is 11.6 Å². The van der Waals surface area contributed by atoms with Gasteiger partial charge in [-0.05, 0) is 62.2 Å². The number of H-pyrrole nitrogens is 1. The second kappa shape index (κ2) is 8.03. The number of rotatable bonds is 4. The first-order valence-corrected chi connectivity index (χ1v) is 9.70. The molecule has 150 valence electrons. The quantitative estimate of drug-likeness (QED) is 0.736. The van der Waals surface area contributed by atoms with Gasteiger partial charge in [-0.15, -0.1) is 0 Å². The number of hydrogen-bond acceptors (Lipinski definition) is 4. The number of pyridine rings is 2. The van der Waals surface area contributed by atoms with Crippen molar-refractivity contribution >= 4 is 16.8 Å². The minimum absolute atomic E-state index is 0.0959. The van der Waals surface area contributed by atoms with Gasteiger partial charge in [-0.2, -0.15) is 0 Å². The van der Waals surface area contributed by atoms with Crippen molar-refractivity contribution in [1.82, 2.24) is 14.9 Å². The fourth-order valence-electron chi connectivity index (χ4n) is 3.76. The molecule has 4 rings (SSSR count). The summed E-state index contributed by atoms with van der Waals surface area (Å²) in [6, 6.07) is 11.1. The number of hydrogen-bond donors (Lipinski definition) is 1. The molecule has 3 heterocycles. The SMILES string of the molecule is C[C@@H](Oc1ccc(F)cc1)C(=O)N1CCC(c2cc3ncccc3c(=O)[nH]2)CC1. The van der Waals surface area contributed by atoms with E-state index in [1.165, 1.54) is 24.3 Å². The molecule has 3 aromatic rings. The number of nitrogens with zero attached hydrogens (tertiary/aromatic N) is 2. The topological polar surface area (TPSA) is 75.3 Å². The molecule has 1 saturated heterocycles. The van der Waals surface area contributed by atoms with Gasteiger partial charge in [-0.1, -0.05) is 0 Å². The van der Waals surface area contributed by atoms with Crippen LogP contribution in [0.15, 0.2) is 53.5 Å². The molecule has 29 heavy (non-hydrogen) atoms. The van der Waals surface area contributed by atoms with Crippen LogP contribution in [0.2, 0.25) is 0 Å². The third kappa shape index (κ3) is 4.13. The minimum atomic E-state index is -0.651. The van der Waals surface area contributed by atoms with Gasteiger partial charge in [0.2, 0.25) is 0 Å². The molecule has 6 nitrogen and oxygen atoms in total. The smallest absolute Gasteiger partial charge is 0.263 e. The molecule has 0 bridgehead atoms. The number of aromatic amines is 1. The van der Waals surface area contributed by atoms with Crippen LogP contribution in [0.1, 0.15) is 31.4 Å². The average molecular weight is 395 g/mol. The van der Waals surface area contributed by atoms with E-state index in [2.05, 4.69) is 9.97 Å². The van der Waals surface area contributed by atoms with E-state index in [0.717, 1.165) is 18.5 Å². The molecular formula is C22H22FN3O3. The van der Waals surface area contributed by atoms with Crippen molar-refractivity contribution in [3.05, 3.63) is 70.5 Å². The van der Waals surface area contributed by atoms with Crippen molar-refractivity contribution in [1.29, 1.82) is 0 Å². The lowest BCUT2D eigenvalue weighted by molar-refractivity contribution is -0.139. The largest absolute Gasteiger partial charge is 0.481 e. The zero-order chi connectivity index (χ0) is 20.4. The Morgan fingerprint density at radius 3 is 2.69 bits per heavy atom. The number of carbonyl (C=O) groups is 1. The average Bonchev–Trinajstić information content (AvgIpc) is 2.75. The Labute approximate surface area is 167 Å². The number of amides is 1. The second-order valence-electron chi connectivity index (χ2n) is 7.30. The lowest BCUT2D eigenvalue weighted by atomic mass is 9.92. The Morgan fingerprint density at radius 2 is 1.97 bits per heavy atom. The third-order valence-corrected chi connectivity index (χ3v) is 5.35. The van der Waals surface area contributed by atoms with Crippen LogP contribution in [-0.4, -0.2) is 40.0 Å². The third-order valence-electron chi connectivity index (χ3n) is 5.35. The minimum Gasteiger partial charge on any atom is -0.481 e. The molecule has 1 atom stereocenters. The Kier molecular flexibility index (Phi) is 5.29. The summed E-state index contributed by atoms with van der Waals surface area (Å²) in [7, 11) is 0. The predicted octanol–water partition coefficient (Wildman–Crippen LogP) is 3.24. The van der Waals surface area contributed by atoms with Gasteiger partial charge in [0.15, 0.2) is 6.10 Å². The number of carbonyl (C=O) groups excluding carboxylic acids is 1. The van der Waals surface area contributed by atoms with E-state index < -0.39 is 6.10 Å². The van der Waals surface area contributed by atoms with Crippen LogP contribution in [0.25, 0.3) is 10.9 Å². The number of fused-ring (bicyclic) bond motifs is 1. The summed E-state index contributed by atoms with van der Waals surface area (Å²) in [4.78, 5) is 34.0. The lowest BCUT2D eigenvalue weighted by Crippen LogP contribution is -2.44.